The Labute approximate surface area is 156 Å². The van der Waals surface area contributed by atoms with Gasteiger partial charge in [-0.15, -0.1) is 4.68 Å². The fourth-order valence-corrected chi connectivity index (χ4v) is 4.28. The van der Waals surface area contributed by atoms with Crippen LogP contribution in [-0.4, -0.2) is 20.9 Å². The summed E-state index contributed by atoms with van der Waals surface area (Å²) in [5.41, 5.74) is 3.22. The van der Waals surface area contributed by atoms with E-state index in [1.165, 1.54) is 5.57 Å². The van der Waals surface area contributed by atoms with Gasteiger partial charge < -0.3 is 9.97 Å². The van der Waals surface area contributed by atoms with E-state index in [1.54, 1.807) is 6.21 Å². The minimum absolute atomic E-state index is 0.195. The van der Waals surface area contributed by atoms with Crippen molar-refractivity contribution >= 4 is 28.2 Å². The first-order chi connectivity index (χ1) is 12.8. The Morgan fingerprint density at radius 1 is 1.15 bits per heavy atom. The maximum absolute atomic E-state index is 12.9. The Bertz CT molecular complexity index is 1210. The van der Waals surface area contributed by atoms with E-state index in [1.807, 2.05) is 25.1 Å². The van der Waals surface area contributed by atoms with Gasteiger partial charge in [-0.05, 0) is 44.2 Å². The molecular weight excluding hydrogens is 340 g/mol. The lowest BCUT2D eigenvalue weighted by atomic mass is 9.76. The topological polar surface area (TPSA) is 83.0 Å². The number of rotatable bonds is 2. The minimum atomic E-state index is -0.519. The lowest BCUT2D eigenvalue weighted by Gasteiger charge is -2.29. The van der Waals surface area contributed by atoms with Crippen LogP contribution in [0.2, 0.25) is 0 Å². The van der Waals surface area contributed by atoms with Crippen LogP contribution in [-0.2, 0) is 0 Å². The van der Waals surface area contributed by atoms with E-state index in [0.29, 0.717) is 22.9 Å². The molecule has 3 aromatic rings. The molecule has 0 saturated carbocycles. The predicted octanol–water partition coefficient (Wildman–Crippen LogP) is 3.55. The number of aryl methyl sites for hydroxylation is 1. The maximum Gasteiger partial charge on any atom is 0.350 e. The summed E-state index contributed by atoms with van der Waals surface area (Å²) in [6.07, 6.45) is 5.01. The van der Waals surface area contributed by atoms with Crippen LogP contribution < -0.4 is 11.2 Å². The Balaban J connectivity index is 1.82. The Kier molecular flexibility index (Phi) is 4.13. The fourth-order valence-electron chi connectivity index (χ4n) is 4.28. The lowest BCUT2D eigenvalue weighted by molar-refractivity contribution is 0.361. The van der Waals surface area contributed by atoms with Crippen molar-refractivity contribution < 1.29 is 0 Å². The number of fused-ring (bicyclic) bond motifs is 3. The molecule has 0 unspecified atom stereocenters. The van der Waals surface area contributed by atoms with Crippen molar-refractivity contribution in [1.82, 2.24) is 14.6 Å². The number of hydrogen-bond donors (Lipinski definition) is 2. The molecule has 6 nitrogen and oxygen atoms in total. The molecule has 2 N–H and O–H groups in total. The molecule has 2 heterocycles. The third kappa shape index (κ3) is 2.95. The Morgan fingerprint density at radius 3 is 2.67 bits per heavy atom. The van der Waals surface area contributed by atoms with Crippen LogP contribution in [0.3, 0.4) is 0 Å². The van der Waals surface area contributed by atoms with E-state index < -0.39 is 11.2 Å². The van der Waals surface area contributed by atoms with Crippen molar-refractivity contribution in [3.05, 3.63) is 56.2 Å². The van der Waals surface area contributed by atoms with E-state index in [0.717, 1.165) is 27.6 Å². The first-order valence-corrected chi connectivity index (χ1v) is 9.34. The van der Waals surface area contributed by atoms with Gasteiger partial charge in [0.15, 0.2) is 0 Å². The van der Waals surface area contributed by atoms with E-state index in [2.05, 4.69) is 41.9 Å². The van der Waals surface area contributed by atoms with E-state index in [-0.39, 0.29) is 5.92 Å². The second-order valence-corrected chi connectivity index (χ2v) is 7.87. The number of aromatic amines is 2. The summed E-state index contributed by atoms with van der Waals surface area (Å²) in [6.45, 7) is 8.44. The number of aromatic nitrogens is 3. The van der Waals surface area contributed by atoms with Crippen LogP contribution in [0.15, 0.2) is 44.5 Å². The fraction of sp³-hybridized carbons (Fsp3) is 0.381. The zero-order chi connectivity index (χ0) is 19.3. The number of nitrogens with zero attached hydrogens (tertiary/aromatic N) is 2. The molecule has 6 heteroatoms. The molecule has 0 spiro atoms. The van der Waals surface area contributed by atoms with Gasteiger partial charge in [-0.25, -0.2) is 4.79 Å². The van der Waals surface area contributed by atoms with E-state index >= 15 is 0 Å². The van der Waals surface area contributed by atoms with Gasteiger partial charge in [0, 0.05) is 23.0 Å². The maximum atomic E-state index is 12.9. The minimum Gasteiger partial charge on any atom is -0.349 e. The summed E-state index contributed by atoms with van der Waals surface area (Å²) < 4.78 is 0.926. The molecule has 27 heavy (non-hydrogen) atoms. The van der Waals surface area contributed by atoms with Crippen LogP contribution in [0.1, 0.15) is 32.8 Å². The number of allylic oxidation sites excluding steroid dienone is 2. The molecular formula is C21H24N4O2. The summed E-state index contributed by atoms with van der Waals surface area (Å²) in [5.74, 6) is 0.941. The molecule has 0 fully saturated rings. The number of nitrogens with one attached hydrogen (secondary N) is 2. The van der Waals surface area contributed by atoms with Crippen molar-refractivity contribution in [2.75, 3.05) is 0 Å². The monoisotopic (exact) mass is 364 g/mol. The SMILES string of the molecule is CC1=C[C@@H](C)[C@H](C=Nn2c(=O)[nH]c3c([nH]c4ccc(C)cc43)c2=O)[C@H](C)C1. The van der Waals surface area contributed by atoms with Crippen molar-refractivity contribution in [2.24, 2.45) is 22.9 Å². The molecule has 0 radical (unpaired) electrons. The number of H-pyrrole nitrogens is 2. The summed E-state index contributed by atoms with van der Waals surface area (Å²) in [7, 11) is 0. The lowest BCUT2D eigenvalue weighted by Crippen LogP contribution is -2.33. The first kappa shape index (κ1) is 17.5. The number of benzene rings is 1. The molecule has 0 aliphatic heterocycles. The highest BCUT2D eigenvalue weighted by atomic mass is 16.2. The van der Waals surface area contributed by atoms with Gasteiger partial charge in [0.2, 0.25) is 0 Å². The zero-order valence-electron chi connectivity index (χ0n) is 16.0. The van der Waals surface area contributed by atoms with Crippen LogP contribution in [0.5, 0.6) is 0 Å². The quantitative estimate of drug-likeness (QED) is 0.538. The van der Waals surface area contributed by atoms with Gasteiger partial charge >= 0.3 is 11.2 Å². The van der Waals surface area contributed by atoms with E-state index in [4.69, 9.17) is 0 Å². The first-order valence-electron chi connectivity index (χ1n) is 9.34. The summed E-state index contributed by atoms with van der Waals surface area (Å²) in [5, 5.41) is 5.12. The molecule has 140 valence electrons. The average Bonchev–Trinajstić information content (AvgIpc) is 2.94. The van der Waals surface area contributed by atoms with Crippen LogP contribution in [0, 0.1) is 24.7 Å². The third-order valence-corrected chi connectivity index (χ3v) is 5.59. The molecule has 0 amide bonds. The highest BCUT2D eigenvalue weighted by Crippen LogP contribution is 2.32. The van der Waals surface area contributed by atoms with Crippen molar-refractivity contribution in [1.29, 1.82) is 0 Å². The predicted molar refractivity (Wildman–Crippen MR) is 110 cm³/mol. The molecule has 4 rings (SSSR count). The second kappa shape index (κ2) is 6.37. The second-order valence-electron chi connectivity index (χ2n) is 7.87. The van der Waals surface area contributed by atoms with Crippen LogP contribution in [0.25, 0.3) is 21.9 Å². The Hall–Kier alpha value is -2.89. The van der Waals surface area contributed by atoms with Gasteiger partial charge in [0.25, 0.3) is 0 Å². The zero-order valence-corrected chi connectivity index (χ0v) is 16.0. The summed E-state index contributed by atoms with van der Waals surface area (Å²) in [6, 6.07) is 5.83. The smallest absolute Gasteiger partial charge is 0.349 e. The molecule has 3 atom stereocenters. The third-order valence-electron chi connectivity index (χ3n) is 5.59. The highest BCUT2D eigenvalue weighted by molar-refractivity contribution is 6.04. The summed E-state index contributed by atoms with van der Waals surface area (Å²) in [4.78, 5) is 31.3. The van der Waals surface area contributed by atoms with Gasteiger partial charge in [0.05, 0.1) is 5.52 Å². The number of hydrogen-bond acceptors (Lipinski definition) is 3. The van der Waals surface area contributed by atoms with Gasteiger partial charge in [-0.1, -0.05) is 37.1 Å². The van der Waals surface area contributed by atoms with Crippen molar-refractivity contribution in [3.8, 4) is 0 Å². The van der Waals surface area contributed by atoms with Crippen LogP contribution in [0.4, 0.5) is 0 Å². The van der Waals surface area contributed by atoms with Gasteiger partial charge in [-0.3, -0.25) is 4.79 Å². The molecule has 1 aromatic carbocycles. The molecule has 1 aliphatic rings. The normalized spacial score (nSPS) is 23.4. The average molecular weight is 364 g/mol. The van der Waals surface area contributed by atoms with Crippen molar-refractivity contribution in [2.45, 2.75) is 34.1 Å². The highest BCUT2D eigenvalue weighted by Gasteiger charge is 2.25. The molecule has 0 bridgehead atoms. The van der Waals surface area contributed by atoms with E-state index in [9.17, 15) is 9.59 Å². The molecule has 2 aromatic heterocycles. The Morgan fingerprint density at radius 2 is 1.93 bits per heavy atom. The van der Waals surface area contributed by atoms with Crippen LogP contribution >= 0.6 is 0 Å². The molecule has 0 saturated heterocycles. The molecule has 1 aliphatic carbocycles. The standard InChI is InChI=1S/C21H24N4O2/c1-11-5-6-17-15(9-11)18-19(23-17)20(26)25(21(27)24-18)22-10-16-13(3)7-12(2)8-14(16)4/h5-7,9-10,13-14,16,23H,8H2,1-4H3,(H,24,27)/t13-,14-,16+/m1/s1. The van der Waals surface area contributed by atoms with Gasteiger partial charge in [0.1, 0.15) is 5.52 Å². The van der Waals surface area contributed by atoms with Crippen molar-refractivity contribution in [3.63, 3.8) is 0 Å². The summed E-state index contributed by atoms with van der Waals surface area (Å²) >= 11 is 0. The van der Waals surface area contributed by atoms with Gasteiger partial charge in [-0.2, -0.15) is 5.10 Å². The largest absolute Gasteiger partial charge is 0.350 e.